The van der Waals surface area contributed by atoms with Crippen LogP contribution >= 0.6 is 11.3 Å². The van der Waals surface area contributed by atoms with Crippen LogP contribution in [0.25, 0.3) is 0 Å². The van der Waals surface area contributed by atoms with E-state index in [1.165, 1.54) is 11.3 Å². The van der Waals surface area contributed by atoms with Gasteiger partial charge < -0.3 is 21.1 Å². The van der Waals surface area contributed by atoms with Crippen LogP contribution in [0.15, 0.2) is 0 Å². The van der Waals surface area contributed by atoms with Crippen molar-refractivity contribution in [3.8, 4) is 6.07 Å². The van der Waals surface area contributed by atoms with Gasteiger partial charge in [0.2, 0.25) is 0 Å². The molecule has 1 rings (SSSR count). The molecule has 0 aromatic carbocycles. The van der Waals surface area contributed by atoms with E-state index in [0.29, 0.717) is 41.7 Å². The maximum absolute atomic E-state index is 11.8. The summed E-state index contributed by atoms with van der Waals surface area (Å²) in [5.74, 6) is -0.251. The Labute approximate surface area is 116 Å². The van der Waals surface area contributed by atoms with Crippen molar-refractivity contribution in [2.45, 2.75) is 13.8 Å². The predicted molar refractivity (Wildman–Crippen MR) is 76.4 cm³/mol. The summed E-state index contributed by atoms with van der Waals surface area (Å²) < 4.78 is 5.20. The number of carbonyl (C=O) groups is 1. The molecule has 0 saturated heterocycles. The minimum Gasteiger partial charge on any atom is -0.396 e. The molecule has 0 unspecified atom stereocenters. The molecule has 0 aliphatic heterocycles. The maximum atomic E-state index is 11.8. The second kappa shape index (κ2) is 7.61. The molecular formula is C12H18N4O2S. The normalized spacial score (nSPS) is 9.95. The van der Waals surface area contributed by atoms with E-state index in [2.05, 4.69) is 10.6 Å². The van der Waals surface area contributed by atoms with E-state index in [4.69, 9.17) is 15.7 Å². The molecule has 1 heterocycles. The largest absolute Gasteiger partial charge is 0.396 e. The summed E-state index contributed by atoms with van der Waals surface area (Å²) >= 11 is 1.19. The lowest BCUT2D eigenvalue weighted by molar-refractivity contribution is 0.0960. The predicted octanol–water partition coefficient (Wildman–Crippen LogP) is 1.40. The van der Waals surface area contributed by atoms with Crippen LogP contribution in [0.5, 0.6) is 0 Å². The molecule has 104 valence electrons. The van der Waals surface area contributed by atoms with Gasteiger partial charge >= 0.3 is 0 Å². The number of nitrogen functional groups attached to an aromatic ring is 1. The smallest absolute Gasteiger partial charge is 0.263 e. The van der Waals surface area contributed by atoms with Crippen LogP contribution in [0.2, 0.25) is 0 Å². The number of carbonyl (C=O) groups excluding carboxylic acids is 1. The fourth-order valence-electron chi connectivity index (χ4n) is 1.47. The van der Waals surface area contributed by atoms with Gasteiger partial charge in [-0.1, -0.05) is 0 Å². The third-order valence-corrected chi connectivity index (χ3v) is 3.50. The number of anilines is 2. The van der Waals surface area contributed by atoms with Gasteiger partial charge in [-0.05, 0) is 13.8 Å². The van der Waals surface area contributed by atoms with Crippen molar-refractivity contribution in [3.63, 3.8) is 0 Å². The first-order valence-corrected chi connectivity index (χ1v) is 6.89. The topological polar surface area (TPSA) is 100 Å². The van der Waals surface area contributed by atoms with E-state index in [9.17, 15) is 4.79 Å². The highest BCUT2D eigenvalue weighted by molar-refractivity contribution is 7.18. The number of hydrogen-bond acceptors (Lipinski definition) is 6. The van der Waals surface area contributed by atoms with Gasteiger partial charge in [0.25, 0.3) is 5.91 Å². The molecule has 1 aromatic heterocycles. The van der Waals surface area contributed by atoms with Gasteiger partial charge in [-0.25, -0.2) is 0 Å². The minimum absolute atomic E-state index is 0.234. The van der Waals surface area contributed by atoms with Crippen molar-refractivity contribution in [1.82, 2.24) is 5.32 Å². The molecule has 7 heteroatoms. The lowest BCUT2D eigenvalue weighted by atomic mass is 10.2. The molecule has 0 radical (unpaired) electrons. The first-order chi connectivity index (χ1) is 9.15. The Morgan fingerprint density at radius 2 is 2.26 bits per heavy atom. The van der Waals surface area contributed by atoms with Gasteiger partial charge in [0.05, 0.1) is 12.3 Å². The third kappa shape index (κ3) is 3.84. The van der Waals surface area contributed by atoms with E-state index >= 15 is 0 Å². The summed E-state index contributed by atoms with van der Waals surface area (Å²) in [6, 6.07) is 2.02. The molecule has 19 heavy (non-hydrogen) atoms. The Balaban J connectivity index is 2.84. The van der Waals surface area contributed by atoms with Crippen LogP contribution in [-0.4, -0.2) is 32.2 Å². The van der Waals surface area contributed by atoms with Gasteiger partial charge in [0, 0.05) is 19.7 Å². The van der Waals surface area contributed by atoms with Gasteiger partial charge in [-0.2, -0.15) is 5.26 Å². The second-order valence-electron chi connectivity index (χ2n) is 3.64. The zero-order chi connectivity index (χ0) is 14.3. The van der Waals surface area contributed by atoms with E-state index in [-0.39, 0.29) is 11.6 Å². The number of rotatable bonds is 7. The third-order valence-electron chi connectivity index (χ3n) is 2.34. The zero-order valence-electron chi connectivity index (χ0n) is 11.1. The summed E-state index contributed by atoms with van der Waals surface area (Å²) in [6.45, 7) is 6.01. The standard InChI is InChI=1S/C12H18N4O2S/c1-3-15-11(17)10-9(14)8(7-13)12(19-10)16-5-6-18-4-2/h16H,3-6,14H2,1-2H3,(H,15,17). The van der Waals surface area contributed by atoms with Gasteiger partial charge in [-0.15, -0.1) is 11.3 Å². The molecule has 0 aliphatic rings. The number of nitrogens with one attached hydrogen (secondary N) is 2. The summed E-state index contributed by atoms with van der Waals surface area (Å²) in [7, 11) is 0. The Morgan fingerprint density at radius 1 is 1.53 bits per heavy atom. The average molecular weight is 282 g/mol. The number of amides is 1. The SMILES string of the molecule is CCNC(=O)c1sc(NCCOCC)c(C#N)c1N. The van der Waals surface area contributed by atoms with Crippen LogP contribution in [-0.2, 0) is 4.74 Å². The molecule has 6 nitrogen and oxygen atoms in total. The molecular weight excluding hydrogens is 264 g/mol. The molecule has 0 spiro atoms. The molecule has 1 amide bonds. The Bertz CT molecular complexity index is 479. The Kier molecular flexibility index (Phi) is 6.12. The molecule has 0 fully saturated rings. The first kappa shape index (κ1) is 15.3. The second-order valence-corrected chi connectivity index (χ2v) is 4.66. The summed E-state index contributed by atoms with van der Waals surface area (Å²) in [4.78, 5) is 12.2. The van der Waals surface area contributed by atoms with Crippen molar-refractivity contribution in [2.24, 2.45) is 0 Å². The van der Waals surface area contributed by atoms with Crippen molar-refractivity contribution in [1.29, 1.82) is 5.26 Å². The van der Waals surface area contributed by atoms with Crippen LogP contribution in [0.1, 0.15) is 29.1 Å². The minimum atomic E-state index is -0.251. The van der Waals surface area contributed by atoms with Crippen molar-refractivity contribution in [3.05, 3.63) is 10.4 Å². The van der Waals surface area contributed by atoms with Crippen molar-refractivity contribution in [2.75, 3.05) is 37.4 Å². The van der Waals surface area contributed by atoms with E-state index in [1.807, 2.05) is 19.9 Å². The number of thiophene rings is 1. The van der Waals surface area contributed by atoms with Crippen molar-refractivity contribution >= 4 is 27.9 Å². The highest BCUT2D eigenvalue weighted by atomic mass is 32.1. The Hall–Kier alpha value is -1.78. The van der Waals surface area contributed by atoms with E-state index in [0.717, 1.165) is 0 Å². The first-order valence-electron chi connectivity index (χ1n) is 6.07. The average Bonchev–Trinajstić information content (AvgIpc) is 2.71. The molecule has 0 saturated carbocycles. The van der Waals surface area contributed by atoms with Crippen LogP contribution in [0, 0.1) is 11.3 Å². The number of nitrogens with two attached hydrogens (primary N) is 1. The van der Waals surface area contributed by atoms with E-state index in [1.54, 1.807) is 0 Å². The van der Waals surface area contributed by atoms with Gasteiger partial charge in [0.15, 0.2) is 0 Å². The number of nitrogens with zero attached hydrogens (tertiary/aromatic N) is 1. The van der Waals surface area contributed by atoms with Gasteiger partial charge in [-0.3, -0.25) is 4.79 Å². The highest BCUT2D eigenvalue weighted by Crippen LogP contribution is 2.34. The summed E-state index contributed by atoms with van der Waals surface area (Å²) in [5, 5.41) is 15.5. The Morgan fingerprint density at radius 3 is 2.84 bits per heavy atom. The van der Waals surface area contributed by atoms with Crippen molar-refractivity contribution < 1.29 is 9.53 Å². The fraction of sp³-hybridized carbons (Fsp3) is 0.500. The number of ether oxygens (including phenoxy) is 1. The molecule has 0 atom stereocenters. The number of nitriles is 1. The van der Waals surface area contributed by atoms with E-state index < -0.39 is 0 Å². The molecule has 0 bridgehead atoms. The summed E-state index contributed by atoms with van der Waals surface area (Å²) in [5.41, 5.74) is 6.39. The summed E-state index contributed by atoms with van der Waals surface area (Å²) in [6.07, 6.45) is 0. The van der Waals surface area contributed by atoms with Crippen LogP contribution < -0.4 is 16.4 Å². The van der Waals surface area contributed by atoms with Gasteiger partial charge in [0.1, 0.15) is 21.5 Å². The monoisotopic (exact) mass is 282 g/mol. The zero-order valence-corrected chi connectivity index (χ0v) is 11.9. The lowest BCUT2D eigenvalue weighted by Crippen LogP contribution is -2.22. The number of hydrogen-bond donors (Lipinski definition) is 3. The van der Waals surface area contributed by atoms with Crippen LogP contribution in [0.4, 0.5) is 10.7 Å². The lowest BCUT2D eigenvalue weighted by Gasteiger charge is -2.03. The maximum Gasteiger partial charge on any atom is 0.263 e. The molecule has 1 aromatic rings. The fourth-order valence-corrected chi connectivity index (χ4v) is 2.48. The quantitative estimate of drug-likeness (QED) is 0.656. The molecule has 4 N–H and O–H groups in total. The highest BCUT2D eigenvalue weighted by Gasteiger charge is 2.20. The van der Waals surface area contributed by atoms with Crippen LogP contribution in [0.3, 0.4) is 0 Å². The molecule has 0 aliphatic carbocycles.